The number of aliphatic hydroxyl groups excluding tert-OH is 2. The first-order valence-corrected chi connectivity index (χ1v) is 8.03. The summed E-state index contributed by atoms with van der Waals surface area (Å²) in [6.07, 6.45) is 2.80. The van der Waals surface area contributed by atoms with Crippen LogP contribution in [0.25, 0.3) is 0 Å². The molecule has 19 heavy (non-hydrogen) atoms. The lowest BCUT2D eigenvalue weighted by Gasteiger charge is -2.37. The predicted octanol–water partition coefficient (Wildman–Crippen LogP) is 3.53. The van der Waals surface area contributed by atoms with E-state index in [-0.39, 0.29) is 17.9 Å². The van der Waals surface area contributed by atoms with Crippen molar-refractivity contribution in [2.24, 2.45) is 17.8 Å². The topological polar surface area (TPSA) is 40.5 Å². The van der Waals surface area contributed by atoms with E-state index in [0.29, 0.717) is 5.92 Å². The average molecular weight is 280 g/mol. The third-order valence-electron chi connectivity index (χ3n) is 4.26. The molecule has 1 aromatic rings. The van der Waals surface area contributed by atoms with Crippen LogP contribution >= 0.6 is 11.8 Å². The molecule has 1 aliphatic rings. The van der Waals surface area contributed by atoms with Crippen LogP contribution in [0.1, 0.15) is 33.1 Å². The van der Waals surface area contributed by atoms with E-state index in [1.807, 2.05) is 30.3 Å². The number of thioether (sulfide) groups is 1. The molecule has 0 aliphatic heterocycles. The minimum atomic E-state index is -0.449. The lowest BCUT2D eigenvalue weighted by molar-refractivity contribution is 0.00151. The van der Waals surface area contributed by atoms with Gasteiger partial charge in [-0.1, -0.05) is 50.2 Å². The van der Waals surface area contributed by atoms with Crippen LogP contribution < -0.4 is 0 Å². The minimum absolute atomic E-state index is 0.118. The van der Waals surface area contributed by atoms with Crippen molar-refractivity contribution in [3.8, 4) is 0 Å². The Kier molecular flexibility index (Phi) is 5.31. The molecule has 3 heteroatoms. The molecule has 0 bridgehead atoms. The van der Waals surface area contributed by atoms with Gasteiger partial charge in [0.25, 0.3) is 0 Å². The van der Waals surface area contributed by atoms with Crippen molar-refractivity contribution in [3.05, 3.63) is 30.3 Å². The van der Waals surface area contributed by atoms with Crippen molar-refractivity contribution in [2.45, 2.75) is 49.5 Å². The normalized spacial score (nSPS) is 30.8. The summed E-state index contributed by atoms with van der Waals surface area (Å²) in [5, 5.41) is 20.6. The molecule has 2 N–H and O–H groups in total. The van der Waals surface area contributed by atoms with Gasteiger partial charge in [-0.2, -0.15) is 0 Å². The summed E-state index contributed by atoms with van der Waals surface area (Å²) in [5.41, 5.74) is -0.449. The number of benzene rings is 1. The Balaban J connectivity index is 1.93. The van der Waals surface area contributed by atoms with E-state index >= 15 is 0 Å². The highest BCUT2D eigenvalue weighted by molar-refractivity contribution is 7.99. The summed E-state index contributed by atoms with van der Waals surface area (Å²) >= 11 is 1.49. The fourth-order valence-electron chi connectivity index (χ4n) is 2.94. The van der Waals surface area contributed by atoms with Crippen molar-refractivity contribution in [1.82, 2.24) is 0 Å². The maximum Gasteiger partial charge on any atom is 0.107 e. The van der Waals surface area contributed by atoms with Crippen LogP contribution in [-0.2, 0) is 0 Å². The van der Waals surface area contributed by atoms with E-state index in [1.54, 1.807) is 0 Å². The second-order valence-electron chi connectivity index (χ2n) is 5.83. The average Bonchev–Trinajstić information content (AvgIpc) is 2.39. The van der Waals surface area contributed by atoms with E-state index in [2.05, 4.69) is 13.8 Å². The highest BCUT2D eigenvalue weighted by Gasteiger charge is 2.34. The van der Waals surface area contributed by atoms with Gasteiger partial charge in [-0.05, 0) is 42.7 Å². The van der Waals surface area contributed by atoms with Gasteiger partial charge in [0, 0.05) is 4.90 Å². The Morgan fingerprint density at radius 3 is 2.53 bits per heavy atom. The zero-order valence-corrected chi connectivity index (χ0v) is 12.5. The second kappa shape index (κ2) is 6.78. The Hall–Kier alpha value is -0.510. The van der Waals surface area contributed by atoms with Crippen molar-refractivity contribution in [1.29, 1.82) is 0 Å². The molecular weight excluding hydrogens is 256 g/mol. The maximum absolute atomic E-state index is 10.4. The Bertz CT molecular complexity index is 382. The molecule has 5 atom stereocenters. The van der Waals surface area contributed by atoms with Gasteiger partial charge in [0.2, 0.25) is 0 Å². The summed E-state index contributed by atoms with van der Waals surface area (Å²) < 4.78 is 0. The smallest absolute Gasteiger partial charge is 0.107 e. The maximum atomic E-state index is 10.4. The minimum Gasteiger partial charge on any atom is -0.393 e. The Morgan fingerprint density at radius 2 is 1.89 bits per heavy atom. The van der Waals surface area contributed by atoms with Gasteiger partial charge in [-0.25, -0.2) is 0 Å². The van der Waals surface area contributed by atoms with Gasteiger partial charge in [0.05, 0.1) is 6.10 Å². The third kappa shape index (κ3) is 3.98. The van der Waals surface area contributed by atoms with Gasteiger partial charge < -0.3 is 10.2 Å². The third-order valence-corrected chi connectivity index (χ3v) is 5.47. The standard InChI is InChI=1S/C16H24O2S/c1-11-8-9-14(15(17)10-11)12(2)16(18)19-13-6-4-3-5-7-13/h3-7,11-12,14-18H,8-10H2,1-2H3/t11-,12?,14+,15-,16-/m1/s1. The summed E-state index contributed by atoms with van der Waals surface area (Å²) in [6, 6.07) is 9.97. The van der Waals surface area contributed by atoms with E-state index < -0.39 is 5.44 Å². The largest absolute Gasteiger partial charge is 0.393 e. The zero-order chi connectivity index (χ0) is 13.8. The predicted molar refractivity (Wildman–Crippen MR) is 80.0 cm³/mol. The van der Waals surface area contributed by atoms with E-state index in [1.165, 1.54) is 11.8 Å². The van der Waals surface area contributed by atoms with Gasteiger partial charge in [-0.15, -0.1) is 0 Å². The SMILES string of the molecule is CC([C@H](O)Sc1ccccc1)[C@@H]1CC[C@@H](C)C[C@H]1O. The highest BCUT2D eigenvalue weighted by Crippen LogP contribution is 2.38. The molecule has 2 rings (SSSR count). The molecule has 1 unspecified atom stereocenters. The lowest BCUT2D eigenvalue weighted by atomic mass is 9.75. The van der Waals surface area contributed by atoms with Crippen molar-refractivity contribution in [3.63, 3.8) is 0 Å². The molecule has 0 spiro atoms. The first-order chi connectivity index (χ1) is 9.08. The second-order valence-corrected chi connectivity index (χ2v) is 7.02. The first kappa shape index (κ1) is 14.9. The summed E-state index contributed by atoms with van der Waals surface area (Å²) in [6.45, 7) is 4.25. The number of aliphatic hydroxyl groups is 2. The van der Waals surface area contributed by atoms with Gasteiger partial charge in [0.1, 0.15) is 5.44 Å². The van der Waals surface area contributed by atoms with E-state index in [4.69, 9.17) is 0 Å². The summed E-state index contributed by atoms with van der Waals surface area (Å²) in [5.74, 6) is 0.951. The first-order valence-electron chi connectivity index (χ1n) is 7.15. The molecule has 106 valence electrons. The van der Waals surface area contributed by atoms with Crippen molar-refractivity contribution in [2.75, 3.05) is 0 Å². The highest BCUT2D eigenvalue weighted by atomic mass is 32.2. The molecule has 0 heterocycles. The van der Waals surface area contributed by atoms with E-state index in [0.717, 1.165) is 24.2 Å². The van der Waals surface area contributed by atoms with Crippen LogP contribution in [0.5, 0.6) is 0 Å². The molecule has 0 saturated heterocycles. The summed E-state index contributed by atoms with van der Waals surface area (Å²) in [4.78, 5) is 1.08. The molecule has 1 aromatic carbocycles. The molecule has 1 saturated carbocycles. The summed E-state index contributed by atoms with van der Waals surface area (Å²) in [7, 11) is 0. The van der Waals surface area contributed by atoms with Gasteiger partial charge in [-0.3, -0.25) is 0 Å². The Morgan fingerprint density at radius 1 is 1.21 bits per heavy atom. The fourth-order valence-corrected chi connectivity index (χ4v) is 3.95. The zero-order valence-electron chi connectivity index (χ0n) is 11.7. The van der Waals surface area contributed by atoms with Crippen molar-refractivity contribution >= 4 is 11.8 Å². The van der Waals surface area contributed by atoms with Crippen LogP contribution in [0.3, 0.4) is 0 Å². The molecule has 0 radical (unpaired) electrons. The Labute approximate surface area is 120 Å². The molecule has 0 amide bonds. The van der Waals surface area contributed by atoms with E-state index in [9.17, 15) is 10.2 Å². The molecule has 1 aliphatic carbocycles. The number of hydrogen-bond acceptors (Lipinski definition) is 3. The molecule has 0 aromatic heterocycles. The number of hydrogen-bond donors (Lipinski definition) is 2. The lowest BCUT2D eigenvalue weighted by Crippen LogP contribution is -2.36. The van der Waals surface area contributed by atoms with Crippen LogP contribution in [-0.4, -0.2) is 21.8 Å². The quantitative estimate of drug-likeness (QED) is 0.655. The monoisotopic (exact) mass is 280 g/mol. The van der Waals surface area contributed by atoms with Crippen LogP contribution in [0.4, 0.5) is 0 Å². The van der Waals surface area contributed by atoms with Crippen LogP contribution in [0.2, 0.25) is 0 Å². The van der Waals surface area contributed by atoms with Gasteiger partial charge in [0.15, 0.2) is 0 Å². The molecule has 1 fully saturated rings. The fraction of sp³-hybridized carbons (Fsp3) is 0.625. The van der Waals surface area contributed by atoms with Gasteiger partial charge >= 0.3 is 0 Å². The molecule has 2 nitrogen and oxygen atoms in total. The van der Waals surface area contributed by atoms with Crippen molar-refractivity contribution < 1.29 is 10.2 Å². The number of rotatable bonds is 4. The molecular formula is C16H24O2S. The van der Waals surface area contributed by atoms with Crippen LogP contribution in [0.15, 0.2) is 35.2 Å². The van der Waals surface area contributed by atoms with Crippen LogP contribution in [0, 0.1) is 17.8 Å².